The topological polar surface area (TPSA) is 41.6 Å². The van der Waals surface area contributed by atoms with Crippen molar-refractivity contribution in [2.24, 2.45) is 0 Å². The zero-order valence-corrected chi connectivity index (χ0v) is 15.1. The van der Waals surface area contributed by atoms with Gasteiger partial charge in [-0.05, 0) is 42.3 Å². The summed E-state index contributed by atoms with van der Waals surface area (Å²) in [6.45, 7) is 2.49. The second-order valence-corrected chi connectivity index (χ2v) is 6.35. The van der Waals surface area contributed by atoms with E-state index in [-0.39, 0.29) is 12.1 Å². The summed E-state index contributed by atoms with van der Waals surface area (Å²) in [6, 6.07) is 15.5. The first-order valence-electron chi connectivity index (χ1n) is 7.39. The summed E-state index contributed by atoms with van der Waals surface area (Å²) in [5, 5.41) is 3.01. The highest BCUT2D eigenvalue weighted by atomic mass is 79.9. The van der Waals surface area contributed by atoms with Gasteiger partial charge in [0.1, 0.15) is 5.75 Å². The first-order chi connectivity index (χ1) is 11.0. The van der Waals surface area contributed by atoms with Crippen molar-refractivity contribution < 1.29 is 9.53 Å². The van der Waals surface area contributed by atoms with Crippen LogP contribution in [-0.2, 0) is 6.54 Å². The van der Waals surface area contributed by atoms with Gasteiger partial charge in [-0.3, -0.25) is 0 Å². The number of nitrogens with one attached hydrogen (secondary N) is 1. The van der Waals surface area contributed by atoms with Crippen LogP contribution in [0, 0.1) is 0 Å². The van der Waals surface area contributed by atoms with Gasteiger partial charge < -0.3 is 15.0 Å². The first kappa shape index (κ1) is 17.3. The summed E-state index contributed by atoms with van der Waals surface area (Å²) in [7, 11) is 3.41. The number of hydrogen-bond donors (Lipinski definition) is 1. The summed E-state index contributed by atoms with van der Waals surface area (Å²) in [4.78, 5) is 14.0. The average Bonchev–Trinajstić information content (AvgIpc) is 2.54. The minimum atomic E-state index is -0.111. The molecular weight excluding hydrogens is 356 g/mol. The van der Waals surface area contributed by atoms with E-state index in [0.29, 0.717) is 6.54 Å². The molecule has 2 aromatic rings. The predicted octanol–water partition coefficient (Wildman–Crippen LogP) is 4.36. The number of ether oxygens (including phenoxy) is 1. The Hall–Kier alpha value is -2.01. The maximum Gasteiger partial charge on any atom is 0.317 e. The van der Waals surface area contributed by atoms with Crippen molar-refractivity contribution in [2.75, 3.05) is 14.2 Å². The molecule has 4 nitrogen and oxygen atoms in total. The third kappa shape index (κ3) is 4.99. The Morgan fingerprint density at radius 3 is 2.70 bits per heavy atom. The van der Waals surface area contributed by atoms with Gasteiger partial charge in [0.15, 0.2) is 0 Å². The van der Waals surface area contributed by atoms with E-state index in [1.54, 1.807) is 19.1 Å². The van der Waals surface area contributed by atoms with E-state index >= 15 is 0 Å². The van der Waals surface area contributed by atoms with Crippen molar-refractivity contribution in [1.29, 1.82) is 0 Å². The quantitative estimate of drug-likeness (QED) is 0.841. The highest BCUT2D eigenvalue weighted by Gasteiger charge is 2.14. The molecule has 0 saturated carbocycles. The average molecular weight is 377 g/mol. The van der Waals surface area contributed by atoms with Crippen LogP contribution < -0.4 is 10.1 Å². The Bertz CT molecular complexity index is 676. The summed E-state index contributed by atoms with van der Waals surface area (Å²) in [5.41, 5.74) is 2.08. The summed E-state index contributed by atoms with van der Waals surface area (Å²) in [6.07, 6.45) is 0. The third-order valence-electron chi connectivity index (χ3n) is 3.59. The van der Waals surface area contributed by atoms with Gasteiger partial charge in [0.05, 0.1) is 13.2 Å². The van der Waals surface area contributed by atoms with E-state index in [1.807, 2.05) is 55.5 Å². The van der Waals surface area contributed by atoms with Crippen LogP contribution in [0.15, 0.2) is 53.0 Å². The minimum Gasteiger partial charge on any atom is -0.497 e. The molecule has 0 aromatic heterocycles. The molecule has 2 aromatic carbocycles. The smallest absolute Gasteiger partial charge is 0.317 e. The normalized spacial score (nSPS) is 11.7. The number of nitrogens with zero attached hydrogens (tertiary/aromatic N) is 1. The van der Waals surface area contributed by atoms with Crippen LogP contribution in [-0.4, -0.2) is 25.1 Å². The van der Waals surface area contributed by atoms with Gasteiger partial charge in [-0.1, -0.05) is 40.2 Å². The molecule has 1 N–H and O–H groups in total. The number of rotatable bonds is 5. The predicted molar refractivity (Wildman–Crippen MR) is 95.5 cm³/mol. The summed E-state index contributed by atoms with van der Waals surface area (Å²) >= 11 is 3.45. The number of amides is 2. The zero-order chi connectivity index (χ0) is 16.8. The molecule has 0 aliphatic rings. The van der Waals surface area contributed by atoms with Gasteiger partial charge in [0.2, 0.25) is 0 Å². The zero-order valence-electron chi connectivity index (χ0n) is 13.5. The molecule has 1 atom stereocenters. The highest BCUT2D eigenvalue weighted by molar-refractivity contribution is 9.10. The monoisotopic (exact) mass is 376 g/mol. The van der Waals surface area contributed by atoms with Crippen molar-refractivity contribution in [3.05, 3.63) is 64.1 Å². The molecule has 0 aliphatic heterocycles. The van der Waals surface area contributed by atoms with Gasteiger partial charge in [-0.15, -0.1) is 0 Å². The summed E-state index contributed by atoms with van der Waals surface area (Å²) in [5.74, 6) is 0.791. The van der Waals surface area contributed by atoms with Gasteiger partial charge in [-0.2, -0.15) is 0 Å². The number of carbonyl (C=O) groups is 1. The van der Waals surface area contributed by atoms with Crippen LogP contribution >= 0.6 is 15.9 Å². The molecule has 0 fully saturated rings. The Morgan fingerprint density at radius 2 is 2.00 bits per heavy atom. The molecule has 0 aliphatic carbocycles. The van der Waals surface area contributed by atoms with Crippen LogP contribution in [0.2, 0.25) is 0 Å². The third-order valence-corrected chi connectivity index (χ3v) is 4.08. The number of benzene rings is 2. The molecule has 23 heavy (non-hydrogen) atoms. The molecule has 1 unspecified atom stereocenters. The molecule has 2 rings (SSSR count). The highest BCUT2D eigenvalue weighted by Crippen LogP contribution is 2.18. The van der Waals surface area contributed by atoms with Crippen molar-refractivity contribution in [2.45, 2.75) is 19.5 Å². The molecule has 0 heterocycles. The van der Waals surface area contributed by atoms with Crippen LogP contribution in [0.3, 0.4) is 0 Å². The molecular formula is C18H21BrN2O2. The van der Waals surface area contributed by atoms with Crippen molar-refractivity contribution in [3.63, 3.8) is 0 Å². The van der Waals surface area contributed by atoms with Gasteiger partial charge in [0, 0.05) is 18.1 Å². The Balaban J connectivity index is 1.96. The van der Waals surface area contributed by atoms with E-state index < -0.39 is 0 Å². The fourth-order valence-corrected chi connectivity index (χ4v) is 2.69. The molecule has 0 bridgehead atoms. The van der Waals surface area contributed by atoms with Gasteiger partial charge in [0.25, 0.3) is 0 Å². The SMILES string of the molecule is COc1cccc(CN(C)C(=O)NC(C)c2cccc(Br)c2)c1. The van der Waals surface area contributed by atoms with Crippen LogP contribution in [0.5, 0.6) is 5.75 Å². The molecule has 2 amide bonds. The Morgan fingerprint density at radius 1 is 1.26 bits per heavy atom. The van der Waals surface area contributed by atoms with E-state index in [4.69, 9.17) is 4.74 Å². The minimum absolute atomic E-state index is 0.0623. The van der Waals surface area contributed by atoms with Crippen LogP contribution in [0.25, 0.3) is 0 Å². The molecule has 0 saturated heterocycles. The number of hydrogen-bond acceptors (Lipinski definition) is 2. The number of halogens is 1. The van der Waals surface area contributed by atoms with Crippen LogP contribution in [0.4, 0.5) is 4.79 Å². The Kier molecular flexibility index (Phi) is 6.04. The number of urea groups is 1. The molecule has 0 spiro atoms. The fraction of sp³-hybridized carbons (Fsp3) is 0.278. The molecule has 0 radical (unpaired) electrons. The standard InChI is InChI=1S/C18H21BrN2O2/c1-13(15-7-5-8-16(19)11-15)20-18(22)21(2)12-14-6-4-9-17(10-14)23-3/h4-11,13H,12H2,1-3H3,(H,20,22). The summed E-state index contributed by atoms with van der Waals surface area (Å²) < 4.78 is 6.21. The molecule has 122 valence electrons. The van der Waals surface area contributed by atoms with Crippen molar-refractivity contribution in [3.8, 4) is 5.75 Å². The van der Waals surface area contributed by atoms with Crippen LogP contribution in [0.1, 0.15) is 24.1 Å². The largest absolute Gasteiger partial charge is 0.497 e. The van der Waals surface area contributed by atoms with Crippen molar-refractivity contribution in [1.82, 2.24) is 10.2 Å². The van der Waals surface area contributed by atoms with E-state index in [1.165, 1.54) is 0 Å². The second-order valence-electron chi connectivity index (χ2n) is 5.43. The van der Waals surface area contributed by atoms with Crippen molar-refractivity contribution >= 4 is 22.0 Å². The molecule has 5 heteroatoms. The fourth-order valence-electron chi connectivity index (χ4n) is 2.27. The number of methoxy groups -OCH3 is 1. The maximum absolute atomic E-state index is 12.3. The lowest BCUT2D eigenvalue weighted by atomic mass is 10.1. The van der Waals surface area contributed by atoms with E-state index in [0.717, 1.165) is 21.3 Å². The lowest BCUT2D eigenvalue weighted by Gasteiger charge is -2.22. The maximum atomic E-state index is 12.3. The first-order valence-corrected chi connectivity index (χ1v) is 8.19. The number of carbonyl (C=O) groups excluding carboxylic acids is 1. The lowest BCUT2D eigenvalue weighted by Crippen LogP contribution is -2.38. The van der Waals surface area contributed by atoms with E-state index in [9.17, 15) is 4.79 Å². The lowest BCUT2D eigenvalue weighted by molar-refractivity contribution is 0.203. The van der Waals surface area contributed by atoms with E-state index in [2.05, 4.69) is 21.2 Å². The van der Waals surface area contributed by atoms with Gasteiger partial charge in [-0.25, -0.2) is 4.79 Å². The second kappa shape index (κ2) is 8.02. The Labute approximate surface area is 145 Å². The van der Waals surface area contributed by atoms with Gasteiger partial charge >= 0.3 is 6.03 Å².